The smallest absolute Gasteiger partial charge is 0.308 e. The first-order valence-electron chi connectivity index (χ1n) is 11.7. The number of ether oxygens (including phenoxy) is 1. The fourth-order valence-electron chi connectivity index (χ4n) is 3.84. The Morgan fingerprint density at radius 2 is 1.93 bits per heavy atom. The molecule has 5 atom stereocenters. The maximum Gasteiger partial charge on any atom is 0.308 e. The molecule has 1 saturated heterocycles. The Bertz CT molecular complexity index is 552. The topological polar surface area (TPSA) is 83.8 Å². The molecule has 3 rings (SSSR count). The van der Waals surface area contributed by atoms with Crippen molar-refractivity contribution < 1.29 is 24.5 Å². The van der Waals surface area contributed by atoms with Crippen LogP contribution in [0.5, 0.6) is 0 Å². The third kappa shape index (κ3) is 10.4. The summed E-state index contributed by atoms with van der Waals surface area (Å²) >= 11 is 0. The minimum atomic E-state index is -0.706. The van der Waals surface area contributed by atoms with E-state index in [9.17, 15) is 9.59 Å². The average molecular weight is 425 g/mol. The molecule has 174 valence electrons. The van der Waals surface area contributed by atoms with E-state index < -0.39 is 12.1 Å². The molecule has 0 aromatic carbocycles. The van der Waals surface area contributed by atoms with Crippen LogP contribution in [0.4, 0.5) is 0 Å². The Balaban J connectivity index is 0.000000430. The van der Waals surface area contributed by atoms with Crippen LogP contribution in [-0.2, 0) is 14.3 Å². The standard InChI is InChI=1S/C13H20.C5H8O3.C5H10O2.C2H6/c1-3-12-10(2)8-9-11-6-4-5-7-13(11)12;6-4-1-2-8-5(7)3-4;1-3-4(2)5(6)7;1-2/h6,8-10,12-13H,3-5,7H2,1-2H3;4,6H,1-3H2;4H,3H2,1-2H3,(H,6,7);1-2H3. The normalized spacial score (nSPS) is 27.8. The van der Waals surface area contributed by atoms with E-state index in [4.69, 9.17) is 10.2 Å². The van der Waals surface area contributed by atoms with E-state index in [1.54, 1.807) is 12.5 Å². The van der Waals surface area contributed by atoms with Gasteiger partial charge in [-0.15, -0.1) is 0 Å². The summed E-state index contributed by atoms with van der Waals surface area (Å²) in [5, 5.41) is 17.0. The van der Waals surface area contributed by atoms with Crippen LogP contribution in [0.3, 0.4) is 0 Å². The van der Waals surface area contributed by atoms with Gasteiger partial charge < -0.3 is 14.9 Å². The number of fused-ring (bicyclic) bond motifs is 1. The number of cyclic esters (lactones) is 1. The number of carboxylic acid groups (broad SMARTS) is 1. The molecule has 0 aromatic rings. The lowest BCUT2D eigenvalue weighted by Gasteiger charge is -2.36. The molecule has 0 saturated carbocycles. The monoisotopic (exact) mass is 424 g/mol. The van der Waals surface area contributed by atoms with Gasteiger partial charge >= 0.3 is 11.9 Å². The number of carboxylic acids is 1. The van der Waals surface area contributed by atoms with Crippen LogP contribution in [0.15, 0.2) is 23.8 Å². The molecule has 3 aliphatic rings. The lowest BCUT2D eigenvalue weighted by Crippen LogP contribution is -2.26. The lowest BCUT2D eigenvalue weighted by molar-refractivity contribution is -0.151. The summed E-state index contributed by atoms with van der Waals surface area (Å²) in [6.07, 6.45) is 13.7. The molecule has 1 heterocycles. The summed E-state index contributed by atoms with van der Waals surface area (Å²) < 4.78 is 4.55. The number of hydrogen-bond acceptors (Lipinski definition) is 4. The molecule has 30 heavy (non-hydrogen) atoms. The molecule has 0 spiro atoms. The highest BCUT2D eigenvalue weighted by atomic mass is 16.5. The average Bonchev–Trinajstić information content (AvgIpc) is 2.75. The second-order valence-corrected chi connectivity index (χ2v) is 8.05. The van der Waals surface area contributed by atoms with E-state index >= 15 is 0 Å². The molecular weight excluding hydrogens is 380 g/mol. The largest absolute Gasteiger partial charge is 0.481 e. The molecule has 0 aromatic heterocycles. The second-order valence-electron chi connectivity index (χ2n) is 8.05. The zero-order valence-electron chi connectivity index (χ0n) is 19.9. The van der Waals surface area contributed by atoms with Gasteiger partial charge in [-0.25, -0.2) is 0 Å². The number of carbonyl (C=O) groups is 2. The van der Waals surface area contributed by atoms with E-state index in [2.05, 4.69) is 36.8 Å². The van der Waals surface area contributed by atoms with Crippen molar-refractivity contribution in [1.82, 2.24) is 0 Å². The molecule has 5 nitrogen and oxygen atoms in total. The number of hydrogen-bond donors (Lipinski definition) is 2. The number of allylic oxidation sites excluding steroid dienone is 4. The molecule has 0 radical (unpaired) electrons. The van der Waals surface area contributed by atoms with E-state index in [1.165, 1.54) is 25.7 Å². The molecule has 5 unspecified atom stereocenters. The van der Waals surface area contributed by atoms with Crippen LogP contribution >= 0.6 is 0 Å². The minimum absolute atomic E-state index is 0.167. The Hall–Kier alpha value is -1.62. The number of aliphatic carboxylic acids is 1. The number of esters is 1. The molecule has 1 fully saturated rings. The first kappa shape index (κ1) is 28.4. The molecule has 1 aliphatic heterocycles. The van der Waals surface area contributed by atoms with Crippen LogP contribution in [0.1, 0.15) is 86.5 Å². The predicted molar refractivity (Wildman–Crippen MR) is 122 cm³/mol. The van der Waals surface area contributed by atoms with E-state index in [-0.39, 0.29) is 18.3 Å². The summed E-state index contributed by atoms with van der Waals surface area (Å²) in [5.41, 5.74) is 1.64. The van der Waals surface area contributed by atoms with Gasteiger partial charge in [0.25, 0.3) is 0 Å². The molecular formula is C25H44O5. The maximum absolute atomic E-state index is 10.3. The zero-order chi connectivity index (χ0) is 23.1. The molecule has 0 amide bonds. The number of rotatable bonds is 3. The van der Waals surface area contributed by atoms with Gasteiger partial charge in [0.15, 0.2) is 0 Å². The van der Waals surface area contributed by atoms with E-state index in [1.807, 2.05) is 20.8 Å². The van der Waals surface area contributed by atoms with Gasteiger partial charge in [0.05, 0.1) is 25.0 Å². The summed E-state index contributed by atoms with van der Waals surface area (Å²) in [6.45, 7) is 12.6. The number of carbonyl (C=O) groups excluding carboxylic acids is 1. The van der Waals surface area contributed by atoms with E-state index in [0.29, 0.717) is 13.0 Å². The lowest BCUT2D eigenvalue weighted by atomic mass is 9.69. The minimum Gasteiger partial charge on any atom is -0.481 e. The number of aliphatic hydroxyl groups is 1. The first-order chi connectivity index (χ1) is 14.3. The van der Waals surface area contributed by atoms with Crippen LogP contribution in [-0.4, -0.2) is 34.9 Å². The third-order valence-electron chi connectivity index (χ3n) is 5.93. The SMILES string of the molecule is CC.CCC(C)C(=O)O.CCC1C(C)C=CC2=CCCCC21.O=C1CC(O)CCO1. The van der Waals surface area contributed by atoms with Crippen LogP contribution in [0.25, 0.3) is 0 Å². The summed E-state index contributed by atoms with van der Waals surface area (Å²) in [5.74, 6) is 1.42. The molecule has 5 heteroatoms. The van der Waals surface area contributed by atoms with Crippen LogP contribution in [0, 0.1) is 23.7 Å². The van der Waals surface area contributed by atoms with Gasteiger partial charge in [0.1, 0.15) is 0 Å². The van der Waals surface area contributed by atoms with Gasteiger partial charge in [-0.2, -0.15) is 0 Å². The summed E-state index contributed by atoms with van der Waals surface area (Å²) in [7, 11) is 0. The summed E-state index contributed by atoms with van der Waals surface area (Å²) in [6, 6.07) is 0. The highest BCUT2D eigenvalue weighted by Crippen LogP contribution is 2.41. The molecule has 0 bridgehead atoms. The Labute approximate surface area is 183 Å². The van der Waals surface area contributed by atoms with Crippen molar-refractivity contribution in [3.8, 4) is 0 Å². The van der Waals surface area contributed by atoms with Gasteiger partial charge in [-0.05, 0) is 49.0 Å². The van der Waals surface area contributed by atoms with Gasteiger partial charge in [0.2, 0.25) is 0 Å². The van der Waals surface area contributed by atoms with Crippen molar-refractivity contribution in [3.63, 3.8) is 0 Å². The fraction of sp³-hybridized carbons (Fsp3) is 0.760. The highest BCUT2D eigenvalue weighted by molar-refractivity contribution is 5.70. The van der Waals surface area contributed by atoms with Crippen molar-refractivity contribution in [3.05, 3.63) is 23.8 Å². The molecule has 2 N–H and O–H groups in total. The Kier molecular flexibility index (Phi) is 15.2. The quantitative estimate of drug-likeness (QED) is 0.562. The van der Waals surface area contributed by atoms with Crippen LogP contribution in [0.2, 0.25) is 0 Å². The predicted octanol–water partition coefficient (Wildman–Crippen LogP) is 5.77. The highest BCUT2D eigenvalue weighted by Gasteiger charge is 2.30. The summed E-state index contributed by atoms with van der Waals surface area (Å²) in [4.78, 5) is 20.2. The van der Waals surface area contributed by atoms with Crippen molar-refractivity contribution in [2.75, 3.05) is 6.61 Å². The maximum atomic E-state index is 10.3. The van der Waals surface area contributed by atoms with Crippen LogP contribution < -0.4 is 0 Å². The van der Waals surface area contributed by atoms with Gasteiger partial charge in [-0.1, -0.05) is 66.2 Å². The van der Waals surface area contributed by atoms with Gasteiger partial charge in [-0.3, -0.25) is 9.59 Å². The second kappa shape index (κ2) is 16.1. The third-order valence-corrected chi connectivity index (χ3v) is 5.93. The first-order valence-corrected chi connectivity index (χ1v) is 11.7. The van der Waals surface area contributed by atoms with Crippen molar-refractivity contribution >= 4 is 11.9 Å². The molecule has 2 aliphatic carbocycles. The van der Waals surface area contributed by atoms with Crippen molar-refractivity contribution in [2.24, 2.45) is 23.7 Å². The van der Waals surface area contributed by atoms with Gasteiger partial charge in [0, 0.05) is 6.42 Å². The Morgan fingerprint density at radius 3 is 2.37 bits per heavy atom. The number of aliphatic hydroxyl groups excluding tert-OH is 1. The van der Waals surface area contributed by atoms with E-state index in [0.717, 1.165) is 24.2 Å². The van der Waals surface area contributed by atoms with Crippen molar-refractivity contribution in [1.29, 1.82) is 0 Å². The van der Waals surface area contributed by atoms with Crippen molar-refractivity contribution in [2.45, 2.75) is 92.6 Å². The zero-order valence-corrected chi connectivity index (χ0v) is 19.9. The Morgan fingerprint density at radius 1 is 1.27 bits per heavy atom. The fourth-order valence-corrected chi connectivity index (χ4v) is 3.84.